The van der Waals surface area contributed by atoms with Gasteiger partial charge in [0.2, 0.25) is 0 Å². The highest BCUT2D eigenvalue weighted by atomic mass is 16.6. The lowest BCUT2D eigenvalue weighted by atomic mass is 9.84. The van der Waals surface area contributed by atoms with E-state index in [1.807, 2.05) is 20.8 Å². The van der Waals surface area contributed by atoms with E-state index in [0.29, 0.717) is 5.92 Å². The van der Waals surface area contributed by atoms with E-state index >= 15 is 0 Å². The minimum Gasteiger partial charge on any atom is -0.386 e. The van der Waals surface area contributed by atoms with Gasteiger partial charge in [0.15, 0.2) is 6.61 Å². The van der Waals surface area contributed by atoms with Gasteiger partial charge in [-0.3, -0.25) is 4.79 Å². The monoisotopic (exact) mass is 256 g/mol. The van der Waals surface area contributed by atoms with Crippen LogP contribution < -0.4 is 5.32 Å². The number of rotatable bonds is 4. The van der Waals surface area contributed by atoms with Crippen molar-refractivity contribution in [3.8, 4) is 0 Å². The maximum atomic E-state index is 11.6. The van der Waals surface area contributed by atoms with Crippen LogP contribution in [0.1, 0.15) is 55.4 Å². The fourth-order valence-electron chi connectivity index (χ4n) is 1.72. The second kappa shape index (κ2) is 6.21. The van der Waals surface area contributed by atoms with E-state index in [1.54, 1.807) is 0 Å². The van der Waals surface area contributed by atoms with Crippen LogP contribution in [0, 0.1) is 11.3 Å². The first-order valence-corrected chi connectivity index (χ1v) is 6.45. The van der Waals surface area contributed by atoms with Crippen molar-refractivity contribution in [3.05, 3.63) is 0 Å². The molecule has 0 aromatic heterocycles. The van der Waals surface area contributed by atoms with Gasteiger partial charge in [-0.15, -0.1) is 0 Å². The molecule has 0 aromatic rings. The van der Waals surface area contributed by atoms with Crippen molar-refractivity contribution >= 4 is 11.6 Å². The molecule has 0 spiro atoms. The molecular weight excluding hydrogens is 228 g/mol. The predicted molar refractivity (Wildman–Crippen MR) is 75.6 cm³/mol. The fraction of sp³-hybridized carbons (Fsp3) is 0.857. The number of carbonyl (C=O) groups excluding carboxylic acids is 1. The van der Waals surface area contributed by atoms with E-state index < -0.39 is 0 Å². The summed E-state index contributed by atoms with van der Waals surface area (Å²) in [5.41, 5.74) is 0.676. The van der Waals surface area contributed by atoms with Crippen molar-refractivity contribution in [1.82, 2.24) is 5.32 Å². The number of hydrogen-bond acceptors (Lipinski definition) is 3. The van der Waals surface area contributed by atoms with Crippen molar-refractivity contribution in [2.24, 2.45) is 16.5 Å². The van der Waals surface area contributed by atoms with E-state index in [-0.39, 0.29) is 23.5 Å². The summed E-state index contributed by atoms with van der Waals surface area (Å²) in [4.78, 5) is 16.7. The number of hydrogen-bond donors (Lipinski definition) is 1. The second-order valence-electron chi connectivity index (χ2n) is 6.95. The van der Waals surface area contributed by atoms with Crippen molar-refractivity contribution in [3.63, 3.8) is 0 Å². The molecule has 0 aliphatic rings. The summed E-state index contributed by atoms with van der Waals surface area (Å²) in [5.74, 6) is 0.152. The average Bonchev–Trinajstić information content (AvgIpc) is 2.06. The topological polar surface area (TPSA) is 50.7 Å². The van der Waals surface area contributed by atoms with Crippen LogP contribution in [0.25, 0.3) is 0 Å². The van der Waals surface area contributed by atoms with Gasteiger partial charge in [0.25, 0.3) is 5.91 Å². The molecule has 0 saturated heterocycles. The van der Waals surface area contributed by atoms with Gasteiger partial charge >= 0.3 is 0 Å². The Morgan fingerprint density at radius 2 is 1.67 bits per heavy atom. The van der Waals surface area contributed by atoms with E-state index in [4.69, 9.17) is 4.84 Å². The van der Waals surface area contributed by atoms with Crippen LogP contribution >= 0.6 is 0 Å². The summed E-state index contributed by atoms with van der Waals surface area (Å²) in [7, 11) is 0. The molecule has 4 nitrogen and oxygen atoms in total. The molecule has 0 aliphatic heterocycles. The summed E-state index contributed by atoms with van der Waals surface area (Å²) in [6.45, 7) is 16.2. The highest BCUT2D eigenvalue weighted by Crippen LogP contribution is 2.21. The molecule has 0 heterocycles. The lowest BCUT2D eigenvalue weighted by Gasteiger charge is -2.24. The van der Waals surface area contributed by atoms with Crippen LogP contribution in [-0.4, -0.2) is 23.8 Å². The normalized spacial score (nSPS) is 13.7. The standard InChI is InChI=1S/C14H28N2O2/c1-10(2)12(13(3,4)5)16-18-9-11(17)15-14(6,7)8/h10H,9H2,1-8H3,(H,15,17)/b16-12+. The highest BCUT2D eigenvalue weighted by Gasteiger charge is 2.23. The van der Waals surface area contributed by atoms with Crippen molar-refractivity contribution in [2.75, 3.05) is 6.61 Å². The van der Waals surface area contributed by atoms with Gasteiger partial charge in [-0.1, -0.05) is 39.8 Å². The van der Waals surface area contributed by atoms with Crippen LogP contribution in [0.5, 0.6) is 0 Å². The zero-order chi connectivity index (χ0) is 14.6. The van der Waals surface area contributed by atoms with Gasteiger partial charge in [0, 0.05) is 11.0 Å². The van der Waals surface area contributed by atoms with Gasteiger partial charge in [-0.05, 0) is 26.7 Å². The first kappa shape index (κ1) is 16.9. The number of amides is 1. The van der Waals surface area contributed by atoms with Gasteiger partial charge in [-0.25, -0.2) is 0 Å². The summed E-state index contributed by atoms with van der Waals surface area (Å²) < 4.78 is 0. The molecular formula is C14H28N2O2. The van der Waals surface area contributed by atoms with Crippen molar-refractivity contribution in [2.45, 2.75) is 60.9 Å². The van der Waals surface area contributed by atoms with Gasteiger partial charge in [-0.2, -0.15) is 0 Å². The molecule has 0 saturated carbocycles. The Morgan fingerprint density at radius 1 is 1.17 bits per heavy atom. The van der Waals surface area contributed by atoms with Gasteiger partial charge in [0.05, 0.1) is 5.71 Å². The third-order valence-corrected chi connectivity index (χ3v) is 2.19. The summed E-state index contributed by atoms with van der Waals surface area (Å²) in [6, 6.07) is 0. The molecule has 0 radical (unpaired) electrons. The molecule has 0 atom stereocenters. The second-order valence-corrected chi connectivity index (χ2v) is 6.95. The van der Waals surface area contributed by atoms with Gasteiger partial charge < -0.3 is 10.2 Å². The molecule has 18 heavy (non-hydrogen) atoms. The molecule has 106 valence electrons. The Morgan fingerprint density at radius 3 is 2.00 bits per heavy atom. The Bertz CT molecular complexity index is 307. The molecule has 4 heteroatoms. The first-order valence-electron chi connectivity index (χ1n) is 6.45. The Hall–Kier alpha value is -1.06. The Labute approximate surface area is 111 Å². The zero-order valence-corrected chi connectivity index (χ0v) is 13.0. The maximum Gasteiger partial charge on any atom is 0.261 e. The molecule has 0 unspecified atom stereocenters. The van der Waals surface area contributed by atoms with E-state index in [0.717, 1.165) is 5.71 Å². The molecule has 0 bridgehead atoms. The minimum absolute atomic E-state index is 0.0381. The van der Waals surface area contributed by atoms with Crippen LogP contribution in [0.15, 0.2) is 5.16 Å². The molecule has 0 rings (SSSR count). The van der Waals surface area contributed by atoms with Crippen molar-refractivity contribution < 1.29 is 9.63 Å². The number of oxime groups is 1. The highest BCUT2D eigenvalue weighted by molar-refractivity contribution is 5.90. The third-order valence-electron chi connectivity index (χ3n) is 2.19. The smallest absolute Gasteiger partial charge is 0.261 e. The van der Waals surface area contributed by atoms with Crippen LogP contribution in [0.2, 0.25) is 0 Å². The Kier molecular flexibility index (Phi) is 5.84. The minimum atomic E-state index is -0.241. The largest absolute Gasteiger partial charge is 0.386 e. The molecule has 0 aliphatic carbocycles. The van der Waals surface area contributed by atoms with Crippen molar-refractivity contribution in [1.29, 1.82) is 0 Å². The van der Waals surface area contributed by atoms with E-state index in [9.17, 15) is 4.79 Å². The predicted octanol–water partition coefficient (Wildman–Crippen LogP) is 2.98. The lowest BCUT2D eigenvalue weighted by molar-refractivity contribution is -0.127. The Balaban J connectivity index is 4.42. The average molecular weight is 256 g/mol. The molecule has 0 aromatic carbocycles. The number of nitrogens with zero attached hydrogens (tertiary/aromatic N) is 1. The third kappa shape index (κ3) is 7.30. The maximum absolute atomic E-state index is 11.6. The summed E-state index contributed by atoms with van der Waals surface area (Å²) >= 11 is 0. The van der Waals surface area contributed by atoms with Crippen LogP contribution in [0.3, 0.4) is 0 Å². The quantitative estimate of drug-likeness (QED) is 0.621. The molecule has 0 fully saturated rings. The lowest BCUT2D eigenvalue weighted by Crippen LogP contribution is -2.42. The van der Waals surface area contributed by atoms with Gasteiger partial charge in [0.1, 0.15) is 0 Å². The fourth-order valence-corrected chi connectivity index (χ4v) is 1.72. The van der Waals surface area contributed by atoms with Crippen LogP contribution in [0.4, 0.5) is 0 Å². The molecule has 1 N–H and O–H groups in total. The zero-order valence-electron chi connectivity index (χ0n) is 13.0. The van der Waals surface area contributed by atoms with Crippen LogP contribution in [-0.2, 0) is 9.63 Å². The SMILES string of the molecule is CC(C)/C(=N\OCC(=O)NC(C)(C)C)C(C)(C)C. The number of nitrogens with one attached hydrogen (secondary N) is 1. The first-order chi connectivity index (χ1) is 7.93. The summed E-state index contributed by atoms with van der Waals surface area (Å²) in [5, 5.41) is 6.95. The van der Waals surface area contributed by atoms with E-state index in [1.165, 1.54) is 0 Å². The molecule has 1 amide bonds. The summed E-state index contributed by atoms with van der Waals surface area (Å²) in [6.07, 6.45) is 0. The number of carbonyl (C=O) groups is 1. The van der Waals surface area contributed by atoms with E-state index in [2.05, 4.69) is 45.1 Å².